The van der Waals surface area contributed by atoms with Gasteiger partial charge in [0.2, 0.25) is 5.91 Å². The molecule has 0 aromatic heterocycles. The molecule has 1 aromatic rings. The van der Waals surface area contributed by atoms with E-state index in [1.165, 1.54) is 19.3 Å². The molecule has 1 amide bonds. The quantitative estimate of drug-likeness (QED) is 0.895. The Hall–Kier alpha value is -1.06. The molecule has 2 rings (SSSR count). The summed E-state index contributed by atoms with van der Waals surface area (Å²) in [6, 6.07) is 9.93. The molecule has 1 saturated carbocycles. The zero-order chi connectivity index (χ0) is 14.5. The van der Waals surface area contributed by atoms with Crippen molar-refractivity contribution in [1.82, 2.24) is 5.32 Å². The average Bonchev–Trinajstić information content (AvgIpc) is 2.49. The summed E-state index contributed by atoms with van der Waals surface area (Å²) >= 11 is 0. The molecular formula is C17H27ClN2O. The minimum atomic E-state index is -0.241. The number of hydrogen-bond donors (Lipinski definition) is 2. The lowest BCUT2D eigenvalue weighted by molar-refractivity contribution is -0.126. The van der Waals surface area contributed by atoms with Crippen molar-refractivity contribution in [3.8, 4) is 0 Å². The largest absolute Gasteiger partial charge is 0.353 e. The summed E-state index contributed by atoms with van der Waals surface area (Å²) in [6.07, 6.45) is 4.81. The molecular weight excluding hydrogens is 284 g/mol. The Bertz CT molecular complexity index is 438. The fourth-order valence-electron chi connectivity index (χ4n) is 2.97. The number of benzene rings is 1. The van der Waals surface area contributed by atoms with Crippen LogP contribution in [0.1, 0.15) is 51.1 Å². The van der Waals surface area contributed by atoms with Gasteiger partial charge in [-0.25, -0.2) is 0 Å². The van der Waals surface area contributed by atoms with Crippen LogP contribution >= 0.6 is 12.4 Å². The standard InChI is InChI=1S/C17H26N2O.ClH/c1-12-8-6-7-11-15(12)19-17(20)13(2)16(18)14-9-4-3-5-10-14;/h3-5,9-10,12-13,15-16H,6-8,11,18H2,1-2H3,(H,19,20);1H. The monoisotopic (exact) mass is 310 g/mol. The van der Waals surface area contributed by atoms with E-state index in [0.29, 0.717) is 12.0 Å². The van der Waals surface area contributed by atoms with Crippen LogP contribution in [0.2, 0.25) is 0 Å². The fraction of sp³-hybridized carbons (Fsp3) is 0.588. The van der Waals surface area contributed by atoms with Gasteiger partial charge in [0.05, 0.1) is 5.92 Å². The van der Waals surface area contributed by atoms with Crippen molar-refractivity contribution in [3.63, 3.8) is 0 Å². The van der Waals surface area contributed by atoms with Gasteiger partial charge in [0.15, 0.2) is 0 Å². The Morgan fingerprint density at radius 1 is 1.24 bits per heavy atom. The highest BCUT2D eigenvalue weighted by atomic mass is 35.5. The summed E-state index contributed by atoms with van der Waals surface area (Å²) < 4.78 is 0. The molecule has 0 saturated heterocycles. The maximum absolute atomic E-state index is 12.4. The van der Waals surface area contributed by atoms with Gasteiger partial charge in [0.25, 0.3) is 0 Å². The zero-order valence-electron chi connectivity index (χ0n) is 12.9. The van der Waals surface area contributed by atoms with Crippen LogP contribution in [0.25, 0.3) is 0 Å². The first-order valence-corrected chi connectivity index (χ1v) is 7.70. The number of carbonyl (C=O) groups is 1. The Labute approximate surface area is 134 Å². The second-order valence-electron chi connectivity index (χ2n) is 6.10. The van der Waals surface area contributed by atoms with Crippen LogP contribution in [-0.4, -0.2) is 11.9 Å². The van der Waals surface area contributed by atoms with Crippen LogP contribution < -0.4 is 11.1 Å². The van der Waals surface area contributed by atoms with Crippen LogP contribution in [0.3, 0.4) is 0 Å². The van der Waals surface area contributed by atoms with E-state index in [4.69, 9.17) is 5.73 Å². The maximum Gasteiger partial charge on any atom is 0.224 e. The molecule has 4 heteroatoms. The highest BCUT2D eigenvalue weighted by Gasteiger charge is 2.27. The molecule has 1 aliphatic rings. The van der Waals surface area contributed by atoms with Crippen LogP contribution in [0, 0.1) is 11.8 Å². The molecule has 0 spiro atoms. The summed E-state index contributed by atoms with van der Waals surface area (Å²) in [4.78, 5) is 12.4. The molecule has 3 N–H and O–H groups in total. The molecule has 118 valence electrons. The molecule has 4 unspecified atom stereocenters. The lowest BCUT2D eigenvalue weighted by atomic mass is 9.85. The maximum atomic E-state index is 12.4. The summed E-state index contributed by atoms with van der Waals surface area (Å²) in [6.45, 7) is 4.15. The van der Waals surface area contributed by atoms with Crippen LogP contribution in [0.5, 0.6) is 0 Å². The molecule has 1 fully saturated rings. The zero-order valence-corrected chi connectivity index (χ0v) is 13.7. The molecule has 1 aromatic carbocycles. The van der Waals surface area contributed by atoms with E-state index in [1.807, 2.05) is 37.3 Å². The predicted octanol–water partition coefficient (Wildman–Crippen LogP) is 3.44. The number of carbonyl (C=O) groups excluding carboxylic acids is 1. The van der Waals surface area contributed by atoms with Crippen molar-refractivity contribution in [2.45, 2.75) is 51.6 Å². The van der Waals surface area contributed by atoms with Crippen molar-refractivity contribution in [1.29, 1.82) is 0 Å². The number of nitrogens with one attached hydrogen (secondary N) is 1. The van der Waals surface area contributed by atoms with Crippen molar-refractivity contribution in [2.75, 3.05) is 0 Å². The number of halogens is 1. The summed E-state index contributed by atoms with van der Waals surface area (Å²) in [5, 5.41) is 3.20. The summed E-state index contributed by atoms with van der Waals surface area (Å²) in [5.41, 5.74) is 7.24. The van der Waals surface area contributed by atoms with E-state index in [0.717, 1.165) is 12.0 Å². The molecule has 0 bridgehead atoms. The predicted molar refractivity (Wildman–Crippen MR) is 89.3 cm³/mol. The third kappa shape index (κ3) is 4.72. The second-order valence-corrected chi connectivity index (χ2v) is 6.10. The minimum Gasteiger partial charge on any atom is -0.353 e. The van der Waals surface area contributed by atoms with E-state index in [2.05, 4.69) is 12.2 Å². The first kappa shape index (κ1) is 18.0. The van der Waals surface area contributed by atoms with Crippen LogP contribution in [-0.2, 0) is 4.79 Å². The van der Waals surface area contributed by atoms with E-state index in [-0.39, 0.29) is 30.3 Å². The lowest BCUT2D eigenvalue weighted by Crippen LogP contribution is -2.45. The lowest BCUT2D eigenvalue weighted by Gasteiger charge is -2.31. The van der Waals surface area contributed by atoms with Crippen molar-refractivity contribution in [2.24, 2.45) is 17.6 Å². The van der Waals surface area contributed by atoms with Gasteiger partial charge >= 0.3 is 0 Å². The first-order chi connectivity index (χ1) is 9.59. The number of hydrogen-bond acceptors (Lipinski definition) is 2. The van der Waals surface area contributed by atoms with Crippen molar-refractivity contribution < 1.29 is 4.79 Å². The highest BCUT2D eigenvalue weighted by Crippen LogP contribution is 2.25. The molecule has 0 heterocycles. The van der Waals surface area contributed by atoms with Gasteiger partial charge in [-0.15, -0.1) is 12.4 Å². The van der Waals surface area contributed by atoms with Crippen molar-refractivity contribution >= 4 is 18.3 Å². The molecule has 21 heavy (non-hydrogen) atoms. The topological polar surface area (TPSA) is 55.1 Å². The molecule has 3 nitrogen and oxygen atoms in total. The first-order valence-electron chi connectivity index (χ1n) is 7.70. The molecule has 0 radical (unpaired) electrons. The van der Waals surface area contributed by atoms with E-state index in [9.17, 15) is 4.79 Å². The van der Waals surface area contributed by atoms with Gasteiger partial charge in [-0.2, -0.15) is 0 Å². The Balaban J connectivity index is 0.00000220. The van der Waals surface area contributed by atoms with Crippen LogP contribution in [0.15, 0.2) is 30.3 Å². The number of nitrogens with two attached hydrogens (primary N) is 1. The SMILES string of the molecule is CC1CCCCC1NC(=O)C(C)C(N)c1ccccc1.Cl. The Morgan fingerprint density at radius 3 is 2.48 bits per heavy atom. The second kappa shape index (κ2) is 8.40. The third-order valence-electron chi connectivity index (χ3n) is 4.58. The Morgan fingerprint density at radius 2 is 1.86 bits per heavy atom. The van der Waals surface area contributed by atoms with E-state index < -0.39 is 0 Å². The highest BCUT2D eigenvalue weighted by molar-refractivity contribution is 5.85. The third-order valence-corrected chi connectivity index (χ3v) is 4.58. The van der Waals surface area contributed by atoms with Crippen molar-refractivity contribution in [3.05, 3.63) is 35.9 Å². The van der Waals surface area contributed by atoms with E-state index in [1.54, 1.807) is 0 Å². The molecule has 4 atom stereocenters. The average molecular weight is 311 g/mol. The van der Waals surface area contributed by atoms with Gasteiger partial charge in [0, 0.05) is 12.1 Å². The number of rotatable bonds is 4. The smallest absolute Gasteiger partial charge is 0.224 e. The van der Waals surface area contributed by atoms with E-state index >= 15 is 0 Å². The van der Waals surface area contributed by atoms with Gasteiger partial charge in [0.1, 0.15) is 0 Å². The summed E-state index contributed by atoms with van der Waals surface area (Å²) in [5.74, 6) is 0.458. The van der Waals surface area contributed by atoms with Gasteiger partial charge in [-0.3, -0.25) is 4.79 Å². The van der Waals surface area contributed by atoms with Gasteiger partial charge < -0.3 is 11.1 Å². The van der Waals surface area contributed by atoms with Crippen LogP contribution in [0.4, 0.5) is 0 Å². The molecule has 1 aliphatic carbocycles. The normalized spacial score (nSPS) is 24.5. The van der Waals surface area contributed by atoms with Gasteiger partial charge in [-0.1, -0.05) is 57.0 Å². The van der Waals surface area contributed by atoms with Gasteiger partial charge in [-0.05, 0) is 24.3 Å². The fourth-order valence-corrected chi connectivity index (χ4v) is 2.97. The number of amides is 1. The minimum absolute atomic E-state index is 0. The summed E-state index contributed by atoms with van der Waals surface area (Å²) in [7, 11) is 0. The molecule has 0 aliphatic heterocycles. The Kier molecular flexibility index (Phi) is 7.20.